The van der Waals surface area contributed by atoms with E-state index in [4.69, 9.17) is 0 Å². The first kappa shape index (κ1) is 19.1. The number of nitrogens with zero attached hydrogens (tertiary/aromatic N) is 2. The Morgan fingerprint density at radius 3 is 2.11 bits per heavy atom. The highest BCUT2D eigenvalue weighted by Crippen LogP contribution is 2.25. The van der Waals surface area contributed by atoms with Crippen LogP contribution < -0.4 is 10.2 Å². The van der Waals surface area contributed by atoms with Crippen molar-refractivity contribution >= 4 is 17.4 Å². The van der Waals surface area contributed by atoms with Crippen LogP contribution in [0.25, 0.3) is 0 Å². The second kappa shape index (κ2) is 7.50. The van der Waals surface area contributed by atoms with E-state index in [0.29, 0.717) is 26.2 Å². The van der Waals surface area contributed by atoms with Crippen LogP contribution in [0, 0.1) is 38.2 Å². The molecular weight excluding hydrogens is 355 g/mol. The molecule has 1 aliphatic heterocycles. The van der Waals surface area contributed by atoms with Crippen molar-refractivity contribution in [2.45, 2.75) is 20.8 Å². The second-order valence-electron chi connectivity index (χ2n) is 6.87. The van der Waals surface area contributed by atoms with E-state index in [1.165, 1.54) is 6.07 Å². The van der Waals surface area contributed by atoms with Gasteiger partial charge in [-0.05, 0) is 44.0 Å². The van der Waals surface area contributed by atoms with Crippen LogP contribution in [-0.4, -0.2) is 37.1 Å². The molecular formula is C20H22F3N3O. The summed E-state index contributed by atoms with van der Waals surface area (Å²) in [6.07, 6.45) is 0. The van der Waals surface area contributed by atoms with E-state index >= 15 is 0 Å². The molecule has 2 aromatic carbocycles. The van der Waals surface area contributed by atoms with Gasteiger partial charge in [-0.1, -0.05) is 17.7 Å². The number of hydrogen-bond donors (Lipinski definition) is 1. The lowest BCUT2D eigenvalue weighted by atomic mass is 10.1. The van der Waals surface area contributed by atoms with Gasteiger partial charge in [0, 0.05) is 31.9 Å². The van der Waals surface area contributed by atoms with Gasteiger partial charge in [0.2, 0.25) is 0 Å². The number of nitrogens with one attached hydrogen (secondary N) is 1. The topological polar surface area (TPSA) is 35.6 Å². The molecule has 2 aromatic rings. The van der Waals surface area contributed by atoms with Gasteiger partial charge in [-0.15, -0.1) is 0 Å². The van der Waals surface area contributed by atoms with E-state index in [1.54, 1.807) is 9.80 Å². The Morgan fingerprint density at radius 2 is 1.52 bits per heavy atom. The van der Waals surface area contributed by atoms with Gasteiger partial charge in [0.1, 0.15) is 0 Å². The van der Waals surface area contributed by atoms with Crippen molar-refractivity contribution in [1.29, 1.82) is 0 Å². The highest BCUT2D eigenvalue weighted by Gasteiger charge is 2.25. The van der Waals surface area contributed by atoms with Crippen LogP contribution in [0.5, 0.6) is 0 Å². The van der Waals surface area contributed by atoms with Crippen LogP contribution in [0.1, 0.15) is 16.7 Å². The van der Waals surface area contributed by atoms with Crippen molar-refractivity contribution in [2.24, 2.45) is 0 Å². The van der Waals surface area contributed by atoms with Gasteiger partial charge in [0.25, 0.3) is 0 Å². The lowest BCUT2D eigenvalue weighted by molar-refractivity contribution is 0.208. The van der Waals surface area contributed by atoms with Crippen LogP contribution in [0.4, 0.5) is 29.3 Å². The number of carbonyl (C=O) groups excluding carboxylic acids is 1. The zero-order valence-electron chi connectivity index (χ0n) is 15.6. The minimum atomic E-state index is -1.47. The van der Waals surface area contributed by atoms with Crippen molar-refractivity contribution in [3.8, 4) is 0 Å². The lowest BCUT2D eigenvalue weighted by Gasteiger charge is -2.36. The maximum Gasteiger partial charge on any atom is 0.321 e. The Kier molecular flexibility index (Phi) is 5.30. The fourth-order valence-corrected chi connectivity index (χ4v) is 3.47. The molecule has 0 aliphatic carbocycles. The van der Waals surface area contributed by atoms with E-state index in [1.807, 2.05) is 32.9 Å². The second-order valence-corrected chi connectivity index (χ2v) is 6.87. The SMILES string of the molecule is Cc1cc(C)c(NC(=O)N2CCN(c3ccc(F)c(F)c3F)CC2)c(C)c1. The van der Waals surface area contributed by atoms with Gasteiger partial charge in [-0.25, -0.2) is 18.0 Å². The Labute approximate surface area is 156 Å². The zero-order valence-corrected chi connectivity index (χ0v) is 15.6. The van der Waals surface area contributed by atoms with Crippen LogP contribution in [0.3, 0.4) is 0 Å². The first-order chi connectivity index (χ1) is 12.8. The predicted molar refractivity (Wildman–Crippen MR) is 99.8 cm³/mol. The van der Waals surface area contributed by atoms with Crippen LogP contribution in [0.15, 0.2) is 24.3 Å². The number of piperazine rings is 1. The third-order valence-corrected chi connectivity index (χ3v) is 4.83. The number of rotatable bonds is 2. The van der Waals surface area contributed by atoms with Crippen LogP contribution >= 0.6 is 0 Å². The Bertz CT molecular complexity index is 854. The summed E-state index contributed by atoms with van der Waals surface area (Å²) in [5, 5.41) is 2.94. The smallest absolute Gasteiger partial charge is 0.321 e. The third-order valence-electron chi connectivity index (χ3n) is 4.83. The molecule has 0 radical (unpaired) electrons. The molecule has 4 nitrogen and oxygen atoms in total. The largest absolute Gasteiger partial charge is 0.366 e. The summed E-state index contributed by atoms with van der Waals surface area (Å²) in [5.41, 5.74) is 3.91. The highest BCUT2D eigenvalue weighted by atomic mass is 19.2. The first-order valence-electron chi connectivity index (χ1n) is 8.80. The summed E-state index contributed by atoms with van der Waals surface area (Å²) in [6.45, 7) is 7.27. The molecule has 1 saturated heterocycles. The fourth-order valence-electron chi connectivity index (χ4n) is 3.47. The predicted octanol–water partition coefficient (Wildman–Crippen LogP) is 4.38. The number of aryl methyl sites for hydroxylation is 3. The van der Waals surface area contributed by atoms with Crippen LogP contribution in [0.2, 0.25) is 0 Å². The number of carbonyl (C=O) groups is 1. The van der Waals surface area contributed by atoms with E-state index < -0.39 is 17.5 Å². The van der Waals surface area contributed by atoms with Crippen molar-refractivity contribution in [3.05, 3.63) is 58.4 Å². The Morgan fingerprint density at radius 1 is 0.926 bits per heavy atom. The van der Waals surface area contributed by atoms with Gasteiger partial charge in [0.15, 0.2) is 17.5 Å². The van der Waals surface area contributed by atoms with Crippen molar-refractivity contribution in [1.82, 2.24) is 4.90 Å². The fraction of sp³-hybridized carbons (Fsp3) is 0.350. The quantitative estimate of drug-likeness (QED) is 0.789. The van der Waals surface area contributed by atoms with Gasteiger partial charge in [0.05, 0.1) is 5.69 Å². The Balaban J connectivity index is 1.66. The summed E-state index contributed by atoms with van der Waals surface area (Å²) < 4.78 is 40.5. The van der Waals surface area contributed by atoms with Gasteiger partial charge in [-0.3, -0.25) is 0 Å². The molecule has 0 bridgehead atoms. The summed E-state index contributed by atoms with van der Waals surface area (Å²) in [4.78, 5) is 15.8. The normalized spacial score (nSPS) is 14.4. The summed E-state index contributed by atoms with van der Waals surface area (Å²) in [5.74, 6) is -3.88. The average molecular weight is 377 g/mol. The van der Waals surface area contributed by atoms with Crippen LogP contribution in [-0.2, 0) is 0 Å². The lowest BCUT2D eigenvalue weighted by Crippen LogP contribution is -2.50. The molecule has 0 atom stereocenters. The minimum Gasteiger partial charge on any atom is -0.366 e. The molecule has 1 N–H and O–H groups in total. The van der Waals surface area contributed by atoms with Crippen molar-refractivity contribution in [2.75, 3.05) is 36.4 Å². The van der Waals surface area contributed by atoms with Gasteiger partial charge < -0.3 is 15.1 Å². The first-order valence-corrected chi connectivity index (χ1v) is 8.80. The molecule has 3 rings (SSSR count). The molecule has 1 heterocycles. The maximum absolute atomic E-state index is 14.0. The molecule has 0 spiro atoms. The molecule has 27 heavy (non-hydrogen) atoms. The van der Waals surface area contributed by atoms with E-state index in [9.17, 15) is 18.0 Å². The van der Waals surface area contributed by atoms with E-state index in [0.717, 1.165) is 28.4 Å². The highest BCUT2D eigenvalue weighted by molar-refractivity contribution is 5.91. The van der Waals surface area contributed by atoms with Gasteiger partial charge >= 0.3 is 6.03 Å². The monoisotopic (exact) mass is 377 g/mol. The summed E-state index contributed by atoms with van der Waals surface area (Å²) in [6, 6.07) is 5.92. The molecule has 1 aliphatic rings. The zero-order chi connectivity index (χ0) is 19.7. The maximum atomic E-state index is 14.0. The van der Waals surface area contributed by atoms with Crippen molar-refractivity contribution in [3.63, 3.8) is 0 Å². The van der Waals surface area contributed by atoms with E-state index in [-0.39, 0.29) is 11.7 Å². The molecule has 0 aromatic heterocycles. The Hall–Kier alpha value is -2.70. The molecule has 7 heteroatoms. The number of benzene rings is 2. The number of hydrogen-bond acceptors (Lipinski definition) is 2. The molecule has 0 unspecified atom stereocenters. The average Bonchev–Trinajstić information content (AvgIpc) is 2.63. The van der Waals surface area contributed by atoms with Crippen molar-refractivity contribution < 1.29 is 18.0 Å². The number of anilines is 2. The molecule has 2 amide bonds. The van der Waals surface area contributed by atoms with Gasteiger partial charge in [-0.2, -0.15) is 0 Å². The number of amides is 2. The minimum absolute atomic E-state index is 0.0131. The third kappa shape index (κ3) is 3.86. The van der Waals surface area contributed by atoms with E-state index in [2.05, 4.69) is 5.32 Å². The molecule has 1 fully saturated rings. The molecule has 144 valence electrons. The molecule has 0 saturated carbocycles. The summed E-state index contributed by atoms with van der Waals surface area (Å²) in [7, 11) is 0. The number of urea groups is 1. The standard InChI is InChI=1S/C20H22F3N3O/c1-12-10-13(2)19(14(3)11-12)24-20(27)26-8-6-25(7-9-26)16-5-4-15(21)17(22)18(16)23/h4-5,10-11H,6-9H2,1-3H3,(H,24,27). The summed E-state index contributed by atoms with van der Waals surface area (Å²) >= 11 is 0. The number of halogens is 3.